The fraction of sp³-hybridized carbons (Fsp3) is 0.267. The van der Waals surface area contributed by atoms with Crippen molar-refractivity contribution < 1.29 is 0 Å². The van der Waals surface area contributed by atoms with E-state index in [0.717, 1.165) is 17.0 Å². The number of hydrogen-bond donors (Lipinski definition) is 0. The van der Waals surface area contributed by atoms with E-state index in [4.69, 9.17) is 0 Å². The molecule has 0 saturated heterocycles. The largest absolute Gasteiger partial charge is 0.253 e. The van der Waals surface area contributed by atoms with Crippen LogP contribution in [0.3, 0.4) is 0 Å². The first-order valence-electron chi connectivity index (χ1n) is 5.59. The van der Waals surface area contributed by atoms with Crippen molar-refractivity contribution in [3.8, 4) is 0 Å². The summed E-state index contributed by atoms with van der Waals surface area (Å²) in [6, 6.07) is 6.42. The van der Waals surface area contributed by atoms with Crippen molar-refractivity contribution in [1.82, 2.24) is 0 Å². The Morgan fingerprint density at radius 3 is 2.47 bits per heavy atom. The van der Waals surface area contributed by atoms with Crippen LogP contribution in [0.1, 0.15) is 31.9 Å². The zero-order valence-corrected chi connectivity index (χ0v) is 13.0. The molecule has 0 aliphatic rings. The molecule has 1 nitrogen and oxygen atoms in total. The minimum Gasteiger partial charge on any atom is -0.253 e. The van der Waals surface area contributed by atoms with Crippen molar-refractivity contribution in [2.45, 2.75) is 27.7 Å². The van der Waals surface area contributed by atoms with Gasteiger partial charge in [0.15, 0.2) is 0 Å². The molecule has 0 spiro atoms. The summed E-state index contributed by atoms with van der Waals surface area (Å²) in [5.74, 6) is 0. The molecule has 1 rings (SSSR count). The maximum absolute atomic E-state index is 4.54. The fourth-order valence-corrected chi connectivity index (χ4v) is 1.96. The average molecular weight is 339 g/mol. The van der Waals surface area contributed by atoms with E-state index < -0.39 is 0 Å². The maximum atomic E-state index is 4.54. The van der Waals surface area contributed by atoms with E-state index >= 15 is 0 Å². The van der Waals surface area contributed by atoms with Gasteiger partial charge in [0.2, 0.25) is 0 Å². The zero-order chi connectivity index (χ0) is 13.0. The minimum absolute atomic E-state index is 0.830. The van der Waals surface area contributed by atoms with Crippen LogP contribution in [0.5, 0.6) is 0 Å². The predicted molar refractivity (Wildman–Crippen MR) is 84.7 cm³/mol. The lowest BCUT2D eigenvalue weighted by molar-refractivity contribution is 1.30. The normalized spacial score (nSPS) is 12.8. The van der Waals surface area contributed by atoms with E-state index in [-0.39, 0.29) is 0 Å². The molecular weight excluding hydrogens is 321 g/mol. The quantitative estimate of drug-likeness (QED) is 0.549. The molecular formula is C15H18IN. The number of rotatable bonds is 3. The summed E-state index contributed by atoms with van der Waals surface area (Å²) >= 11 is 2.36. The standard InChI is InChI=1S/C15H18IN/c1-6-11(4)15(17-10(2)3)13-8-7-12(5)14(16)9-13/h6-9H,2H2,1,3-5H3/b11-6-,17-15?. The van der Waals surface area contributed by atoms with Crippen LogP contribution in [0.15, 0.2) is 47.1 Å². The molecule has 0 radical (unpaired) electrons. The number of benzene rings is 1. The summed E-state index contributed by atoms with van der Waals surface area (Å²) in [6.45, 7) is 12.0. The maximum Gasteiger partial charge on any atom is 0.0731 e. The Morgan fingerprint density at radius 1 is 1.35 bits per heavy atom. The molecule has 0 aromatic heterocycles. The van der Waals surface area contributed by atoms with Crippen molar-refractivity contribution in [2.75, 3.05) is 0 Å². The van der Waals surface area contributed by atoms with Crippen LogP contribution in [0.4, 0.5) is 0 Å². The summed E-state index contributed by atoms with van der Waals surface area (Å²) in [4.78, 5) is 4.54. The second-order valence-corrected chi connectivity index (χ2v) is 5.29. The third-order valence-corrected chi connectivity index (χ3v) is 3.72. The SMILES string of the molecule is C=C(C)N=C(/C(C)=C\C)c1ccc(C)c(I)c1. The van der Waals surface area contributed by atoms with Crippen LogP contribution in [0.25, 0.3) is 0 Å². The highest BCUT2D eigenvalue weighted by Crippen LogP contribution is 2.17. The van der Waals surface area contributed by atoms with Gasteiger partial charge in [-0.1, -0.05) is 24.8 Å². The number of nitrogens with zero attached hydrogens (tertiary/aromatic N) is 1. The molecule has 0 N–H and O–H groups in total. The zero-order valence-electron chi connectivity index (χ0n) is 10.8. The van der Waals surface area contributed by atoms with Gasteiger partial charge in [-0.3, -0.25) is 4.99 Å². The monoisotopic (exact) mass is 339 g/mol. The second-order valence-electron chi connectivity index (χ2n) is 4.13. The van der Waals surface area contributed by atoms with E-state index in [2.05, 4.69) is 72.3 Å². The highest BCUT2D eigenvalue weighted by Gasteiger charge is 2.07. The van der Waals surface area contributed by atoms with E-state index in [0.29, 0.717) is 0 Å². The lowest BCUT2D eigenvalue weighted by atomic mass is 10.0. The third kappa shape index (κ3) is 3.80. The Kier molecular flexibility index (Phi) is 5.12. The van der Waals surface area contributed by atoms with Gasteiger partial charge in [-0.05, 0) is 67.5 Å². The Morgan fingerprint density at radius 2 is 2.00 bits per heavy atom. The van der Waals surface area contributed by atoms with E-state index in [1.165, 1.54) is 14.7 Å². The minimum atomic E-state index is 0.830. The Bertz CT molecular complexity index is 496. The lowest BCUT2D eigenvalue weighted by Crippen LogP contribution is -2.04. The Hall–Kier alpha value is -0.900. The molecule has 0 bridgehead atoms. The van der Waals surface area contributed by atoms with E-state index in [9.17, 15) is 0 Å². The van der Waals surface area contributed by atoms with Crippen LogP contribution in [0.2, 0.25) is 0 Å². The molecule has 0 aliphatic heterocycles. The molecule has 0 heterocycles. The molecule has 90 valence electrons. The molecule has 0 saturated carbocycles. The van der Waals surface area contributed by atoms with Gasteiger partial charge in [-0.15, -0.1) is 0 Å². The molecule has 17 heavy (non-hydrogen) atoms. The highest BCUT2D eigenvalue weighted by molar-refractivity contribution is 14.1. The Balaban J connectivity index is 3.33. The fourth-order valence-electron chi connectivity index (χ4n) is 1.45. The first-order valence-corrected chi connectivity index (χ1v) is 6.67. The van der Waals surface area contributed by atoms with Crippen molar-refractivity contribution in [3.63, 3.8) is 0 Å². The Labute approximate surface area is 117 Å². The summed E-state index contributed by atoms with van der Waals surface area (Å²) < 4.78 is 1.26. The first-order chi connectivity index (χ1) is 7.95. The summed E-state index contributed by atoms with van der Waals surface area (Å²) in [5.41, 5.74) is 5.46. The molecule has 0 atom stereocenters. The van der Waals surface area contributed by atoms with E-state index in [1.807, 2.05) is 13.8 Å². The average Bonchev–Trinajstić information content (AvgIpc) is 2.28. The smallest absolute Gasteiger partial charge is 0.0731 e. The van der Waals surface area contributed by atoms with Crippen LogP contribution in [0, 0.1) is 10.5 Å². The van der Waals surface area contributed by atoms with Gasteiger partial charge in [-0.2, -0.15) is 0 Å². The molecule has 0 amide bonds. The topological polar surface area (TPSA) is 12.4 Å². The summed E-state index contributed by atoms with van der Waals surface area (Å²) in [5, 5.41) is 0. The molecule has 0 unspecified atom stereocenters. The van der Waals surface area contributed by atoms with Crippen LogP contribution in [-0.2, 0) is 0 Å². The molecule has 2 heteroatoms. The van der Waals surface area contributed by atoms with Gasteiger partial charge in [-0.25, -0.2) is 0 Å². The van der Waals surface area contributed by atoms with Crippen molar-refractivity contribution in [1.29, 1.82) is 0 Å². The van der Waals surface area contributed by atoms with Crippen LogP contribution < -0.4 is 0 Å². The first kappa shape index (κ1) is 14.2. The van der Waals surface area contributed by atoms with Gasteiger partial charge >= 0.3 is 0 Å². The van der Waals surface area contributed by atoms with Crippen molar-refractivity contribution >= 4 is 28.3 Å². The summed E-state index contributed by atoms with van der Waals surface area (Å²) in [7, 11) is 0. The molecule has 1 aromatic carbocycles. The molecule has 1 aromatic rings. The van der Waals surface area contributed by atoms with Crippen LogP contribution in [-0.4, -0.2) is 5.71 Å². The number of halogens is 1. The van der Waals surface area contributed by atoms with Gasteiger partial charge in [0.1, 0.15) is 0 Å². The number of aryl methyl sites for hydroxylation is 1. The van der Waals surface area contributed by atoms with Gasteiger partial charge in [0.05, 0.1) is 5.71 Å². The lowest BCUT2D eigenvalue weighted by Gasteiger charge is -2.09. The summed E-state index contributed by atoms with van der Waals surface area (Å²) in [6.07, 6.45) is 2.08. The highest BCUT2D eigenvalue weighted by atomic mass is 127. The van der Waals surface area contributed by atoms with E-state index in [1.54, 1.807) is 0 Å². The van der Waals surface area contributed by atoms with Gasteiger partial charge in [0.25, 0.3) is 0 Å². The van der Waals surface area contributed by atoms with Gasteiger partial charge < -0.3 is 0 Å². The van der Waals surface area contributed by atoms with Crippen molar-refractivity contribution in [3.05, 3.63) is 56.8 Å². The third-order valence-electron chi connectivity index (χ3n) is 2.55. The van der Waals surface area contributed by atoms with Crippen molar-refractivity contribution in [2.24, 2.45) is 4.99 Å². The molecule has 0 aliphatic carbocycles. The predicted octanol–water partition coefficient (Wildman–Crippen LogP) is 4.89. The number of aliphatic imine (C=N–C) groups is 1. The number of allylic oxidation sites excluding steroid dienone is 3. The van der Waals surface area contributed by atoms with Crippen LogP contribution >= 0.6 is 22.6 Å². The van der Waals surface area contributed by atoms with Gasteiger partial charge in [0, 0.05) is 14.8 Å². The molecule has 0 fully saturated rings. The second kappa shape index (κ2) is 6.15. The number of hydrogen-bond acceptors (Lipinski definition) is 1.